The van der Waals surface area contributed by atoms with Gasteiger partial charge in [0.05, 0.1) is 59.2 Å². The van der Waals surface area contributed by atoms with Crippen LogP contribution in [0.15, 0.2) is 36.7 Å². The van der Waals surface area contributed by atoms with Crippen LogP contribution in [0.1, 0.15) is 29.8 Å². The average molecular weight is 522 g/mol. The summed E-state index contributed by atoms with van der Waals surface area (Å²) < 4.78 is 20.7. The molecule has 4 heterocycles. The SMILES string of the molecule is COC(=O)N1CC2C(C1)C2Nc1cc(-c2ccc3cc(C#N)cnn23)ncc1C(=O)NC[C@@H](F)C(C)(C)O. The first-order chi connectivity index (χ1) is 18.1. The Morgan fingerprint density at radius 1 is 1.29 bits per heavy atom. The number of piperidine rings is 1. The Labute approximate surface area is 218 Å². The van der Waals surface area contributed by atoms with Crippen molar-refractivity contribution in [2.75, 3.05) is 32.1 Å². The van der Waals surface area contributed by atoms with Crippen LogP contribution in [0.5, 0.6) is 0 Å². The number of carbonyl (C=O) groups is 2. The van der Waals surface area contributed by atoms with Crippen LogP contribution in [0.3, 0.4) is 0 Å². The fraction of sp³-hybridized carbons (Fsp3) is 0.423. The van der Waals surface area contributed by atoms with E-state index in [1.54, 1.807) is 21.5 Å². The Bertz CT molecular complexity index is 1430. The molecule has 1 saturated carbocycles. The first-order valence-electron chi connectivity index (χ1n) is 12.2. The van der Waals surface area contributed by atoms with Crippen LogP contribution in [0.4, 0.5) is 14.9 Å². The van der Waals surface area contributed by atoms with Gasteiger partial charge < -0.3 is 25.4 Å². The van der Waals surface area contributed by atoms with E-state index in [-0.39, 0.29) is 36.1 Å². The van der Waals surface area contributed by atoms with Gasteiger partial charge >= 0.3 is 6.09 Å². The van der Waals surface area contributed by atoms with Crippen molar-refractivity contribution in [1.82, 2.24) is 24.8 Å². The molecule has 38 heavy (non-hydrogen) atoms. The zero-order valence-corrected chi connectivity index (χ0v) is 21.2. The molecule has 1 saturated heterocycles. The second-order valence-corrected chi connectivity index (χ2v) is 10.2. The molecule has 198 valence electrons. The number of pyridine rings is 1. The topological polar surface area (TPSA) is 145 Å². The molecule has 0 bridgehead atoms. The summed E-state index contributed by atoms with van der Waals surface area (Å²) in [7, 11) is 1.35. The van der Waals surface area contributed by atoms with E-state index in [0.29, 0.717) is 35.7 Å². The maximum Gasteiger partial charge on any atom is 0.409 e. The summed E-state index contributed by atoms with van der Waals surface area (Å²) in [6, 6.07) is 9.22. The zero-order chi connectivity index (χ0) is 27.2. The minimum atomic E-state index is -1.65. The third-order valence-electron chi connectivity index (χ3n) is 7.20. The smallest absolute Gasteiger partial charge is 0.409 e. The summed E-state index contributed by atoms with van der Waals surface area (Å²) >= 11 is 0. The van der Waals surface area contributed by atoms with Gasteiger partial charge in [-0.1, -0.05) is 0 Å². The average Bonchev–Trinajstić information content (AvgIpc) is 3.24. The van der Waals surface area contributed by atoms with Crippen LogP contribution >= 0.6 is 0 Å². The molecule has 11 nitrogen and oxygen atoms in total. The molecular weight excluding hydrogens is 493 g/mol. The number of amides is 2. The molecule has 0 radical (unpaired) electrons. The lowest BCUT2D eigenvalue weighted by molar-refractivity contribution is -0.00177. The van der Waals surface area contributed by atoms with E-state index < -0.39 is 17.7 Å². The van der Waals surface area contributed by atoms with Crippen LogP contribution in [-0.4, -0.2) is 81.2 Å². The van der Waals surface area contributed by atoms with Crippen LogP contribution < -0.4 is 10.6 Å². The van der Waals surface area contributed by atoms with Crippen molar-refractivity contribution in [3.63, 3.8) is 0 Å². The molecule has 3 aromatic rings. The highest BCUT2D eigenvalue weighted by Crippen LogP contribution is 2.47. The number of carbonyl (C=O) groups excluding carboxylic acids is 2. The highest BCUT2D eigenvalue weighted by molar-refractivity contribution is 6.00. The number of hydrogen-bond donors (Lipinski definition) is 3. The molecule has 12 heteroatoms. The highest BCUT2D eigenvalue weighted by Gasteiger charge is 2.57. The Hall–Kier alpha value is -4.24. The van der Waals surface area contributed by atoms with E-state index in [0.717, 1.165) is 5.52 Å². The number of fused-ring (bicyclic) bond motifs is 2. The predicted molar refractivity (Wildman–Crippen MR) is 135 cm³/mol. The first kappa shape index (κ1) is 25.4. The van der Waals surface area contributed by atoms with Gasteiger partial charge in [0.15, 0.2) is 0 Å². The lowest BCUT2D eigenvalue weighted by atomic mass is 10.0. The first-order valence-corrected chi connectivity index (χ1v) is 12.2. The predicted octanol–water partition coefficient (Wildman–Crippen LogP) is 2.22. The van der Waals surface area contributed by atoms with E-state index in [2.05, 4.69) is 26.8 Å². The van der Waals surface area contributed by atoms with Gasteiger partial charge in [-0.05, 0) is 38.1 Å². The molecule has 5 rings (SSSR count). The molecule has 2 amide bonds. The van der Waals surface area contributed by atoms with Crippen LogP contribution in [-0.2, 0) is 4.74 Å². The number of anilines is 1. The number of alkyl halides is 1. The summed E-state index contributed by atoms with van der Waals surface area (Å²) in [6.07, 6.45) is 0.874. The highest BCUT2D eigenvalue weighted by atomic mass is 19.1. The maximum atomic E-state index is 14.3. The fourth-order valence-corrected chi connectivity index (χ4v) is 4.88. The number of likely N-dealkylation sites (tertiary alicyclic amines) is 1. The molecule has 1 aliphatic carbocycles. The van der Waals surface area contributed by atoms with Crippen molar-refractivity contribution in [2.24, 2.45) is 11.8 Å². The molecule has 3 atom stereocenters. The molecule has 2 unspecified atom stereocenters. The van der Waals surface area contributed by atoms with Gasteiger partial charge in [0.1, 0.15) is 12.2 Å². The third-order valence-corrected chi connectivity index (χ3v) is 7.20. The van der Waals surface area contributed by atoms with Crippen molar-refractivity contribution in [1.29, 1.82) is 5.26 Å². The summed E-state index contributed by atoms with van der Waals surface area (Å²) in [5.74, 6) is -0.100. The molecule has 3 N–H and O–H groups in total. The van der Waals surface area contributed by atoms with Crippen LogP contribution in [0.25, 0.3) is 16.9 Å². The molecule has 3 aromatic heterocycles. The third kappa shape index (κ3) is 4.72. The minimum Gasteiger partial charge on any atom is -0.453 e. The molecule has 0 spiro atoms. The standard InChI is InChI=1S/C26H28FN7O4/c1-26(2,37)22(27)11-30-24(35)16-10-29-20(21-5-4-15-6-14(8-28)9-31-34(15)21)7-19(16)32-23-17-12-33(13-18(17)23)25(36)38-3/h4-7,9-10,17-18,22-23,37H,11-13H2,1-3H3,(H,29,32)(H,30,35)/t17?,18?,22-,23?/m1/s1. The number of aliphatic hydroxyl groups is 1. The van der Waals surface area contributed by atoms with Gasteiger partial charge in [0, 0.05) is 37.2 Å². The number of methoxy groups -OCH3 is 1. The van der Waals surface area contributed by atoms with Gasteiger partial charge in [-0.15, -0.1) is 0 Å². The van der Waals surface area contributed by atoms with Crippen molar-refractivity contribution in [3.05, 3.63) is 47.8 Å². The second kappa shape index (κ2) is 9.57. The number of nitriles is 1. The van der Waals surface area contributed by atoms with Crippen molar-refractivity contribution >= 4 is 23.2 Å². The normalized spacial score (nSPS) is 20.9. The van der Waals surface area contributed by atoms with Gasteiger partial charge in [0.2, 0.25) is 0 Å². The van der Waals surface area contributed by atoms with Crippen molar-refractivity contribution < 1.29 is 23.8 Å². The minimum absolute atomic E-state index is 0.0448. The molecule has 2 aliphatic rings. The second-order valence-electron chi connectivity index (χ2n) is 10.2. The number of rotatable bonds is 7. The number of ether oxygens (including phenoxy) is 1. The number of aromatic nitrogens is 3. The van der Waals surface area contributed by atoms with Gasteiger partial charge in [-0.25, -0.2) is 13.7 Å². The zero-order valence-electron chi connectivity index (χ0n) is 21.2. The number of hydrogen-bond acceptors (Lipinski definition) is 8. The van der Waals surface area contributed by atoms with Crippen molar-refractivity contribution in [3.8, 4) is 17.5 Å². The Kier molecular flexibility index (Phi) is 6.40. The summed E-state index contributed by atoms with van der Waals surface area (Å²) in [5.41, 5.74) is 1.51. The monoisotopic (exact) mass is 521 g/mol. The number of nitrogens with one attached hydrogen (secondary N) is 2. The van der Waals surface area contributed by atoms with E-state index in [1.165, 1.54) is 33.4 Å². The quantitative estimate of drug-likeness (QED) is 0.429. The Morgan fingerprint density at radius 3 is 2.68 bits per heavy atom. The van der Waals surface area contributed by atoms with Crippen LogP contribution in [0, 0.1) is 23.2 Å². The van der Waals surface area contributed by atoms with E-state index in [1.807, 2.05) is 12.1 Å². The van der Waals surface area contributed by atoms with Gasteiger partial charge in [-0.2, -0.15) is 10.4 Å². The lowest BCUT2D eigenvalue weighted by Gasteiger charge is -2.23. The van der Waals surface area contributed by atoms with Gasteiger partial charge in [0.25, 0.3) is 5.91 Å². The number of nitrogens with zero attached hydrogens (tertiary/aromatic N) is 5. The molecule has 0 aromatic carbocycles. The lowest BCUT2D eigenvalue weighted by Crippen LogP contribution is -2.42. The largest absolute Gasteiger partial charge is 0.453 e. The van der Waals surface area contributed by atoms with Crippen LogP contribution in [0.2, 0.25) is 0 Å². The maximum absolute atomic E-state index is 14.3. The molecule has 1 aliphatic heterocycles. The summed E-state index contributed by atoms with van der Waals surface area (Å²) in [4.78, 5) is 31.0. The molecule has 2 fully saturated rings. The van der Waals surface area contributed by atoms with E-state index >= 15 is 0 Å². The summed E-state index contributed by atoms with van der Waals surface area (Å²) in [6.45, 7) is 3.43. The molecular formula is C26H28FN7O4. The Balaban J connectivity index is 1.42. The summed E-state index contributed by atoms with van der Waals surface area (Å²) in [5, 5.41) is 29.3. The van der Waals surface area contributed by atoms with E-state index in [4.69, 9.17) is 10.00 Å². The fourth-order valence-electron chi connectivity index (χ4n) is 4.88. The Morgan fingerprint density at radius 2 is 2.03 bits per heavy atom. The van der Waals surface area contributed by atoms with Crippen molar-refractivity contribution in [2.45, 2.75) is 31.7 Å². The number of halogens is 1. The van der Waals surface area contributed by atoms with Gasteiger partial charge in [-0.3, -0.25) is 9.78 Å². The van der Waals surface area contributed by atoms with E-state index in [9.17, 15) is 19.1 Å².